The Morgan fingerprint density at radius 3 is 1.25 bits per heavy atom. The minimum absolute atomic E-state index is 0. The maximum absolute atomic E-state index is 8.42. The van der Waals surface area contributed by atoms with Gasteiger partial charge in [-0.15, -0.1) is 0 Å². The molecule has 0 unspecified atom stereocenters. The van der Waals surface area contributed by atoms with Gasteiger partial charge in [0, 0.05) is 46.9 Å². The van der Waals surface area contributed by atoms with Crippen LogP contribution in [0, 0.1) is 46.9 Å². The van der Waals surface area contributed by atoms with Gasteiger partial charge in [0.05, 0.1) is 0 Å². The third-order valence-electron chi connectivity index (χ3n) is 0. The SMILES string of the molecule is [MgH2].[O]=[InH].[Yb]. The summed E-state index contributed by atoms with van der Waals surface area (Å²) in [6.07, 6.45) is 0. The second-order valence-corrected chi connectivity index (χ2v) is 0. The first-order valence-electron chi connectivity index (χ1n) is 0.289. The zero-order chi connectivity index (χ0) is 2.00. The third-order valence-corrected chi connectivity index (χ3v) is 0. The van der Waals surface area contributed by atoms with E-state index in [1.165, 1.54) is 0 Å². The van der Waals surface area contributed by atoms with Crippen molar-refractivity contribution in [2.45, 2.75) is 0 Å². The van der Waals surface area contributed by atoms with Gasteiger partial charge in [-0.2, -0.15) is 0 Å². The van der Waals surface area contributed by atoms with E-state index < -0.39 is 0 Å². The molecular formula is H3InMgOYb. The average Bonchev–Trinajstić information content (AvgIpc) is 1.00. The van der Waals surface area contributed by atoms with Crippen molar-refractivity contribution in [2.75, 3.05) is 0 Å². The summed E-state index contributed by atoms with van der Waals surface area (Å²) in [5, 5.41) is 0. The molecule has 0 saturated heterocycles. The van der Waals surface area contributed by atoms with Crippen LogP contribution in [-0.2, 0) is 2.85 Å². The summed E-state index contributed by atoms with van der Waals surface area (Å²) >= 11 is -0.1000. The molecule has 0 amide bonds. The smallest absolute Gasteiger partial charge is 0 e. The van der Waals surface area contributed by atoms with E-state index in [2.05, 4.69) is 0 Å². The van der Waals surface area contributed by atoms with Crippen LogP contribution in [0.4, 0.5) is 0 Å². The van der Waals surface area contributed by atoms with Gasteiger partial charge in [-0.3, -0.25) is 0 Å². The van der Waals surface area contributed by atoms with Gasteiger partial charge in [0.15, 0.2) is 0 Å². The molecule has 0 saturated carbocycles. The molecular weight excluding hydrogens is 328 g/mol. The Hall–Kier alpha value is 2.96. The van der Waals surface area contributed by atoms with Gasteiger partial charge in [-0.1, -0.05) is 0 Å². The topological polar surface area (TPSA) is 17.1 Å². The van der Waals surface area contributed by atoms with E-state index in [4.69, 9.17) is 2.85 Å². The van der Waals surface area contributed by atoms with Gasteiger partial charge in [-0.05, 0) is 0 Å². The number of rotatable bonds is 0. The van der Waals surface area contributed by atoms with E-state index in [-0.39, 0.29) is 94.4 Å². The second-order valence-electron chi connectivity index (χ2n) is 0. The maximum Gasteiger partial charge on any atom is 0 e. The molecule has 0 spiro atoms. The summed E-state index contributed by atoms with van der Waals surface area (Å²) in [6.45, 7) is 0. The van der Waals surface area contributed by atoms with Crippen molar-refractivity contribution in [1.29, 1.82) is 0 Å². The van der Waals surface area contributed by atoms with Crippen molar-refractivity contribution in [3.8, 4) is 0 Å². The first-order chi connectivity index (χ1) is 1.00. The van der Waals surface area contributed by atoms with E-state index in [0.717, 1.165) is 0 Å². The van der Waals surface area contributed by atoms with Crippen LogP contribution in [0.25, 0.3) is 0 Å². The van der Waals surface area contributed by atoms with Crippen LogP contribution >= 0.6 is 0 Å². The van der Waals surface area contributed by atoms with Gasteiger partial charge < -0.3 is 0 Å². The fourth-order valence-electron chi connectivity index (χ4n) is 0. The molecule has 0 rings (SSSR count). The minimum atomic E-state index is -0.1000. The number of hydrogen-bond donors (Lipinski definition) is 0. The Labute approximate surface area is 94.7 Å². The van der Waals surface area contributed by atoms with E-state index in [1.807, 2.05) is 0 Å². The molecule has 4 heteroatoms. The summed E-state index contributed by atoms with van der Waals surface area (Å²) in [7, 11) is 0. The fourth-order valence-corrected chi connectivity index (χ4v) is 0. The van der Waals surface area contributed by atoms with Crippen LogP contribution in [0.3, 0.4) is 0 Å². The van der Waals surface area contributed by atoms with Crippen molar-refractivity contribution in [2.24, 2.45) is 0 Å². The van der Waals surface area contributed by atoms with Gasteiger partial charge in [-0.25, -0.2) is 0 Å². The minimum Gasteiger partial charge on any atom is 0 e. The Morgan fingerprint density at radius 1 is 1.25 bits per heavy atom. The summed E-state index contributed by atoms with van der Waals surface area (Å²) in [5.74, 6) is 0. The molecule has 0 aliphatic rings. The summed E-state index contributed by atoms with van der Waals surface area (Å²) in [4.78, 5) is 0. The molecule has 0 fully saturated rings. The van der Waals surface area contributed by atoms with Crippen molar-refractivity contribution < 1.29 is 49.8 Å². The van der Waals surface area contributed by atoms with Crippen molar-refractivity contribution in [1.82, 2.24) is 0 Å². The van der Waals surface area contributed by atoms with E-state index in [1.54, 1.807) is 0 Å². The van der Waals surface area contributed by atoms with Crippen LogP contribution in [0.1, 0.15) is 0 Å². The predicted molar refractivity (Wildman–Crippen MR) is 16.4 cm³/mol. The van der Waals surface area contributed by atoms with Crippen LogP contribution < -0.4 is 0 Å². The van der Waals surface area contributed by atoms with E-state index in [0.29, 0.717) is 0 Å². The Kier molecular flexibility index (Phi) is 66.0. The van der Waals surface area contributed by atoms with Crippen LogP contribution in [0.2, 0.25) is 0 Å². The summed E-state index contributed by atoms with van der Waals surface area (Å²) in [6, 6.07) is 0. The maximum atomic E-state index is 8.42. The molecule has 0 atom stereocenters. The van der Waals surface area contributed by atoms with Gasteiger partial charge in [0.25, 0.3) is 0 Å². The summed E-state index contributed by atoms with van der Waals surface area (Å²) in [5.41, 5.74) is 0. The van der Waals surface area contributed by atoms with Crippen LogP contribution in [0.5, 0.6) is 0 Å². The zero-order valence-electron chi connectivity index (χ0n) is 1.38. The van der Waals surface area contributed by atoms with Crippen LogP contribution in [0.15, 0.2) is 0 Å². The molecule has 0 aromatic rings. The molecule has 0 heterocycles. The first kappa shape index (κ1) is 15.8. The number of hydrogen-bond acceptors (Lipinski definition) is 1. The van der Waals surface area contributed by atoms with Gasteiger partial charge in [0.1, 0.15) is 0 Å². The van der Waals surface area contributed by atoms with Crippen molar-refractivity contribution >= 4 is 47.4 Å². The Morgan fingerprint density at radius 2 is 1.25 bits per heavy atom. The van der Waals surface area contributed by atoms with Crippen molar-refractivity contribution in [3.63, 3.8) is 0 Å². The molecule has 0 bridgehead atoms. The van der Waals surface area contributed by atoms with Crippen molar-refractivity contribution in [3.05, 3.63) is 0 Å². The third kappa shape index (κ3) is 8.88. The molecule has 0 aromatic carbocycles. The normalized spacial score (nSPS) is 0.750. The molecule has 0 aliphatic carbocycles. The molecule has 0 radical (unpaired) electrons. The monoisotopic (exact) mass is 332 g/mol. The first-order valence-corrected chi connectivity index (χ1v) is 1.94. The molecule has 1 nitrogen and oxygen atoms in total. The predicted octanol–water partition coefficient (Wildman–Crippen LogP) is -1.68. The van der Waals surface area contributed by atoms with Gasteiger partial charge >= 0.3 is 50.3 Å². The largest absolute Gasteiger partial charge is 0 e. The van der Waals surface area contributed by atoms with E-state index in [9.17, 15) is 0 Å². The fraction of sp³-hybridized carbons (Fsp3) is 0. The second kappa shape index (κ2) is 16.7. The Bertz CT molecular complexity index is 8.00. The molecule has 0 N–H and O–H groups in total. The molecule has 28 valence electrons. The zero-order valence-corrected chi connectivity index (χ0v) is 7.13. The summed E-state index contributed by atoms with van der Waals surface area (Å²) < 4.78 is 8.42. The average molecular weight is 331 g/mol. The molecule has 0 aromatic heterocycles. The standard InChI is InChI=1S/In.Mg.O.Yb.3H. The Balaban J connectivity index is -0.00000000500. The quantitative estimate of drug-likeness (QED) is 0.485. The molecule has 4 heavy (non-hydrogen) atoms. The van der Waals surface area contributed by atoms with E-state index >= 15 is 0 Å². The van der Waals surface area contributed by atoms with Crippen LogP contribution in [-0.4, -0.2) is 47.4 Å². The molecule has 0 aliphatic heterocycles. The van der Waals surface area contributed by atoms with Gasteiger partial charge in [0.2, 0.25) is 0 Å².